The predicted molar refractivity (Wildman–Crippen MR) is 82.6 cm³/mol. The number of benzene rings is 1. The minimum Gasteiger partial charge on any atom is -0.479 e. The first kappa shape index (κ1) is 17.2. The number of aromatic nitrogens is 3. The van der Waals surface area contributed by atoms with E-state index in [1.165, 1.54) is 0 Å². The summed E-state index contributed by atoms with van der Waals surface area (Å²) in [5, 5.41) is 3.50. The number of nitrogens with two attached hydrogens (primary N) is 1. The Morgan fingerprint density at radius 2 is 2.17 bits per heavy atom. The van der Waals surface area contributed by atoms with Gasteiger partial charge in [-0.05, 0) is 6.07 Å². The molecule has 1 heterocycles. The highest BCUT2D eigenvalue weighted by Crippen LogP contribution is 2.28. The molecule has 8 nitrogen and oxygen atoms in total. The van der Waals surface area contributed by atoms with Crippen LogP contribution in [0.2, 0.25) is 5.02 Å². The van der Waals surface area contributed by atoms with Crippen molar-refractivity contribution in [2.45, 2.75) is 6.54 Å². The molecule has 0 spiro atoms. The normalized spacial score (nSPS) is 10.2. The molecule has 2 aromatic rings. The van der Waals surface area contributed by atoms with Gasteiger partial charge in [-0.3, -0.25) is 9.59 Å². The molecule has 0 bridgehead atoms. The van der Waals surface area contributed by atoms with Crippen LogP contribution >= 0.6 is 11.6 Å². The van der Waals surface area contributed by atoms with Crippen LogP contribution in [0.5, 0.6) is 5.75 Å². The Hall–Kier alpha value is -3.12. The molecule has 2 N–H and O–H groups in total. The second-order valence-corrected chi connectivity index (χ2v) is 4.86. The summed E-state index contributed by atoms with van der Waals surface area (Å²) in [6, 6.07) is 2.00. The van der Waals surface area contributed by atoms with Crippen molar-refractivity contribution in [1.82, 2.24) is 14.3 Å². The monoisotopic (exact) mass is 352 g/mol. The number of amides is 1. The molecule has 10 heteroatoms. The van der Waals surface area contributed by atoms with Crippen molar-refractivity contribution in [1.29, 1.82) is 0 Å². The van der Waals surface area contributed by atoms with Gasteiger partial charge in [0.15, 0.2) is 5.82 Å². The quantitative estimate of drug-likeness (QED) is 0.742. The smallest absolute Gasteiger partial charge is 0.352 e. The molecule has 24 heavy (non-hydrogen) atoms. The van der Waals surface area contributed by atoms with Gasteiger partial charge >= 0.3 is 5.69 Å². The highest BCUT2D eigenvalue weighted by atomic mass is 35.5. The topological polar surface area (TPSA) is 109 Å². The van der Waals surface area contributed by atoms with Crippen LogP contribution in [0.15, 0.2) is 27.9 Å². The van der Waals surface area contributed by atoms with Crippen LogP contribution in [0.1, 0.15) is 0 Å². The number of carbonyl (C=O) groups excluding carboxylic acids is 1. The summed E-state index contributed by atoms with van der Waals surface area (Å²) >= 11 is 5.83. The average Bonchev–Trinajstić information content (AvgIpc) is 2.51. The number of halogens is 2. The molecule has 0 saturated carbocycles. The van der Waals surface area contributed by atoms with Crippen molar-refractivity contribution >= 4 is 17.5 Å². The van der Waals surface area contributed by atoms with Crippen LogP contribution in [0, 0.1) is 18.2 Å². The van der Waals surface area contributed by atoms with Gasteiger partial charge in [0.1, 0.15) is 30.8 Å². The van der Waals surface area contributed by atoms with E-state index in [1.807, 2.05) is 0 Å². The lowest BCUT2D eigenvalue weighted by Crippen LogP contribution is -2.43. The molecule has 0 saturated heterocycles. The van der Waals surface area contributed by atoms with Gasteiger partial charge < -0.3 is 10.5 Å². The van der Waals surface area contributed by atoms with Gasteiger partial charge in [0, 0.05) is 6.07 Å². The van der Waals surface area contributed by atoms with Crippen LogP contribution in [-0.2, 0) is 11.3 Å². The average molecular weight is 353 g/mol. The Kier molecular flexibility index (Phi) is 5.01. The largest absolute Gasteiger partial charge is 0.479 e. The summed E-state index contributed by atoms with van der Waals surface area (Å²) in [6.45, 7) is -0.801. The Morgan fingerprint density at radius 3 is 2.79 bits per heavy atom. The van der Waals surface area contributed by atoms with E-state index < -0.39 is 29.5 Å². The number of nitrogens with zero attached hydrogens (tertiary/aromatic N) is 3. The third-order valence-electron chi connectivity index (χ3n) is 2.82. The molecule has 1 amide bonds. The summed E-state index contributed by atoms with van der Waals surface area (Å²) in [5.41, 5.74) is 2.74. The van der Waals surface area contributed by atoms with E-state index in [0.29, 0.717) is 9.25 Å². The van der Waals surface area contributed by atoms with Gasteiger partial charge in [0.05, 0.1) is 5.02 Å². The first-order chi connectivity index (χ1) is 11.3. The van der Waals surface area contributed by atoms with E-state index >= 15 is 0 Å². The molecule has 0 unspecified atom stereocenters. The van der Waals surface area contributed by atoms with Crippen LogP contribution in [0.3, 0.4) is 0 Å². The van der Waals surface area contributed by atoms with Crippen LogP contribution in [-0.4, -0.2) is 26.9 Å². The van der Waals surface area contributed by atoms with Crippen LogP contribution < -0.4 is 21.7 Å². The highest BCUT2D eigenvalue weighted by molar-refractivity contribution is 6.32. The fourth-order valence-electron chi connectivity index (χ4n) is 1.81. The Bertz CT molecular complexity index is 961. The lowest BCUT2D eigenvalue weighted by atomic mass is 10.3. The van der Waals surface area contributed by atoms with Gasteiger partial charge in [0.2, 0.25) is 5.91 Å². The molecule has 0 aliphatic carbocycles. The molecule has 0 aliphatic heterocycles. The van der Waals surface area contributed by atoms with Gasteiger partial charge in [-0.15, -0.1) is 6.42 Å². The Morgan fingerprint density at radius 1 is 1.46 bits per heavy atom. The lowest BCUT2D eigenvalue weighted by Gasteiger charge is -2.11. The first-order valence-corrected chi connectivity index (χ1v) is 6.76. The highest BCUT2D eigenvalue weighted by Gasteiger charge is 2.16. The molecular formula is C14H10ClFN4O4. The molecule has 0 radical (unpaired) electrons. The molecule has 0 aliphatic rings. The molecule has 1 aromatic carbocycles. The number of hydrogen-bond acceptors (Lipinski definition) is 5. The van der Waals surface area contributed by atoms with E-state index in [2.05, 4.69) is 11.0 Å². The van der Waals surface area contributed by atoms with Crippen molar-refractivity contribution in [2.24, 2.45) is 5.73 Å². The standard InChI is InChI=1S/C14H10ClFN4O4/c1-2-3-24-11-5-10(9(16)4-8(11)15)20-14(23)19(7-12(17)21)13(22)6-18-20/h1,4-6H,3,7H2,(H2,17,21). The third kappa shape index (κ3) is 3.44. The van der Waals surface area contributed by atoms with E-state index in [4.69, 9.17) is 28.5 Å². The maximum Gasteiger partial charge on any atom is 0.352 e. The summed E-state index contributed by atoms with van der Waals surface area (Å²) in [5.74, 6) is 0.420. The fraction of sp³-hybridized carbons (Fsp3) is 0.143. The Labute approximate surface area is 139 Å². The van der Waals surface area contributed by atoms with Gasteiger partial charge in [-0.1, -0.05) is 17.5 Å². The number of terminal acetylenes is 1. The fourth-order valence-corrected chi connectivity index (χ4v) is 2.02. The van der Waals surface area contributed by atoms with Gasteiger partial charge in [-0.2, -0.15) is 9.78 Å². The van der Waals surface area contributed by atoms with Gasteiger partial charge in [-0.25, -0.2) is 13.8 Å². The summed E-state index contributed by atoms with van der Waals surface area (Å²) in [4.78, 5) is 34.9. The number of primary amides is 1. The zero-order valence-electron chi connectivity index (χ0n) is 12.0. The number of ether oxygens (including phenoxy) is 1. The second-order valence-electron chi connectivity index (χ2n) is 4.46. The van der Waals surface area contributed by atoms with E-state index in [9.17, 15) is 18.8 Å². The number of rotatable bonds is 5. The minimum absolute atomic E-state index is 0.0207. The minimum atomic E-state index is -1.05. The first-order valence-electron chi connectivity index (χ1n) is 6.38. The van der Waals surface area contributed by atoms with E-state index in [1.54, 1.807) is 0 Å². The summed E-state index contributed by atoms with van der Waals surface area (Å²) < 4.78 is 20.4. The second kappa shape index (κ2) is 6.97. The SMILES string of the molecule is C#CCOc1cc(-n2ncc(=O)n(CC(N)=O)c2=O)c(F)cc1Cl. The maximum atomic E-state index is 14.2. The van der Waals surface area contributed by atoms with Crippen LogP contribution in [0.4, 0.5) is 4.39 Å². The molecule has 0 fully saturated rings. The third-order valence-corrected chi connectivity index (χ3v) is 3.11. The summed E-state index contributed by atoms with van der Waals surface area (Å²) in [7, 11) is 0. The van der Waals surface area contributed by atoms with Crippen molar-refractivity contribution in [3.05, 3.63) is 50.0 Å². The zero-order chi connectivity index (χ0) is 17.9. The van der Waals surface area contributed by atoms with Crippen LogP contribution in [0.25, 0.3) is 5.69 Å². The van der Waals surface area contributed by atoms with Gasteiger partial charge in [0.25, 0.3) is 5.56 Å². The molecule has 0 atom stereocenters. The van der Waals surface area contributed by atoms with Crippen molar-refractivity contribution < 1.29 is 13.9 Å². The molecule has 2 rings (SSSR count). The number of carbonyl (C=O) groups is 1. The van der Waals surface area contributed by atoms with Crippen molar-refractivity contribution in [3.8, 4) is 23.8 Å². The van der Waals surface area contributed by atoms with E-state index in [0.717, 1.165) is 18.3 Å². The Balaban J connectivity index is 2.64. The van der Waals surface area contributed by atoms with E-state index in [-0.39, 0.29) is 23.1 Å². The molecular weight excluding hydrogens is 343 g/mol. The zero-order valence-corrected chi connectivity index (χ0v) is 12.8. The lowest BCUT2D eigenvalue weighted by molar-refractivity contribution is -0.118. The number of hydrogen-bond donors (Lipinski definition) is 1. The predicted octanol–water partition coefficient (Wildman–Crippen LogP) is -0.316. The van der Waals surface area contributed by atoms with Crippen molar-refractivity contribution in [2.75, 3.05) is 6.61 Å². The maximum absolute atomic E-state index is 14.2. The molecule has 124 valence electrons. The van der Waals surface area contributed by atoms with Crippen molar-refractivity contribution in [3.63, 3.8) is 0 Å². The molecule has 1 aromatic heterocycles. The summed E-state index contributed by atoms with van der Waals surface area (Å²) in [6.07, 6.45) is 5.82.